The van der Waals surface area contributed by atoms with Crippen molar-refractivity contribution in [2.75, 3.05) is 13.7 Å². The molecule has 1 aliphatic rings. The second-order valence-corrected chi connectivity index (χ2v) is 4.54. The number of hydrogen-bond donors (Lipinski definition) is 1. The van der Waals surface area contributed by atoms with Crippen molar-refractivity contribution in [2.24, 2.45) is 0 Å². The third-order valence-corrected chi connectivity index (χ3v) is 3.27. The Labute approximate surface area is 116 Å². The molecule has 0 amide bonds. The van der Waals surface area contributed by atoms with Crippen LogP contribution in [-0.2, 0) is 11.3 Å². The Kier molecular flexibility index (Phi) is 3.43. The van der Waals surface area contributed by atoms with E-state index in [1.54, 1.807) is 12.1 Å². The summed E-state index contributed by atoms with van der Waals surface area (Å²) < 4.78 is 15.6. The Morgan fingerprint density at radius 2 is 2.20 bits per heavy atom. The molecule has 2 heterocycles. The van der Waals surface area contributed by atoms with Gasteiger partial charge < -0.3 is 13.9 Å². The van der Waals surface area contributed by atoms with E-state index in [0.717, 1.165) is 11.3 Å². The van der Waals surface area contributed by atoms with Gasteiger partial charge in [0.2, 0.25) is 5.76 Å². The molecule has 0 fully saturated rings. The standard InChI is InChI=1S/C15H15NO4/c1-18-15(17)14-7-6-10(20-14)8-16-12-9-19-13-5-3-2-4-11(12)13/h2-7,12,16H,8-9H2,1H3. The number of fused-ring (bicyclic) bond motifs is 1. The first kappa shape index (κ1) is 12.7. The Balaban J connectivity index is 1.63. The summed E-state index contributed by atoms with van der Waals surface area (Å²) in [6, 6.07) is 11.5. The van der Waals surface area contributed by atoms with Crippen LogP contribution in [0, 0.1) is 0 Å². The van der Waals surface area contributed by atoms with Crippen LogP contribution in [0.25, 0.3) is 0 Å². The van der Waals surface area contributed by atoms with Crippen LogP contribution in [0.5, 0.6) is 5.75 Å². The minimum absolute atomic E-state index is 0.137. The lowest BCUT2D eigenvalue weighted by atomic mass is 10.1. The van der Waals surface area contributed by atoms with E-state index in [0.29, 0.717) is 18.9 Å². The molecule has 20 heavy (non-hydrogen) atoms. The van der Waals surface area contributed by atoms with E-state index in [4.69, 9.17) is 9.15 Å². The fourth-order valence-corrected chi connectivity index (χ4v) is 2.24. The van der Waals surface area contributed by atoms with E-state index in [1.165, 1.54) is 7.11 Å². The topological polar surface area (TPSA) is 60.7 Å². The van der Waals surface area contributed by atoms with Gasteiger partial charge in [0.15, 0.2) is 0 Å². The molecule has 2 aromatic rings. The molecule has 5 nitrogen and oxygen atoms in total. The molecule has 1 atom stereocenters. The summed E-state index contributed by atoms with van der Waals surface area (Å²) in [7, 11) is 1.33. The van der Waals surface area contributed by atoms with E-state index < -0.39 is 5.97 Å². The predicted octanol–water partition coefficient (Wildman–Crippen LogP) is 2.29. The summed E-state index contributed by atoms with van der Waals surface area (Å²) >= 11 is 0. The van der Waals surface area contributed by atoms with Gasteiger partial charge in [-0.2, -0.15) is 0 Å². The lowest BCUT2D eigenvalue weighted by molar-refractivity contribution is 0.0562. The number of hydrogen-bond acceptors (Lipinski definition) is 5. The monoisotopic (exact) mass is 273 g/mol. The fourth-order valence-electron chi connectivity index (χ4n) is 2.24. The highest BCUT2D eigenvalue weighted by Gasteiger charge is 2.23. The molecular formula is C15H15NO4. The second-order valence-electron chi connectivity index (χ2n) is 4.54. The van der Waals surface area contributed by atoms with Crippen LogP contribution >= 0.6 is 0 Å². The number of nitrogens with one attached hydrogen (secondary N) is 1. The third kappa shape index (κ3) is 2.40. The molecule has 3 rings (SSSR count). The van der Waals surface area contributed by atoms with Crippen LogP contribution in [0.15, 0.2) is 40.8 Å². The molecule has 0 radical (unpaired) electrons. The maximum Gasteiger partial charge on any atom is 0.373 e. The number of esters is 1. The molecule has 1 N–H and O–H groups in total. The average molecular weight is 273 g/mol. The Bertz CT molecular complexity index is 620. The van der Waals surface area contributed by atoms with Gasteiger partial charge in [-0.05, 0) is 18.2 Å². The van der Waals surface area contributed by atoms with E-state index in [2.05, 4.69) is 10.1 Å². The number of benzene rings is 1. The molecule has 1 aliphatic heterocycles. The Morgan fingerprint density at radius 1 is 1.35 bits per heavy atom. The SMILES string of the molecule is COC(=O)c1ccc(CNC2COc3ccccc32)o1. The third-order valence-electron chi connectivity index (χ3n) is 3.27. The maximum atomic E-state index is 11.3. The molecule has 0 saturated carbocycles. The number of furan rings is 1. The van der Waals surface area contributed by atoms with Crippen molar-refractivity contribution in [2.45, 2.75) is 12.6 Å². The number of ether oxygens (including phenoxy) is 2. The average Bonchev–Trinajstić information content (AvgIpc) is 3.11. The predicted molar refractivity (Wildman–Crippen MR) is 71.6 cm³/mol. The van der Waals surface area contributed by atoms with Gasteiger partial charge in [-0.3, -0.25) is 5.32 Å². The molecule has 1 aromatic carbocycles. The molecule has 0 bridgehead atoms. The van der Waals surface area contributed by atoms with Crippen molar-refractivity contribution in [1.82, 2.24) is 5.32 Å². The largest absolute Gasteiger partial charge is 0.491 e. The van der Waals surface area contributed by atoms with Crippen LogP contribution in [0.1, 0.15) is 27.9 Å². The van der Waals surface area contributed by atoms with Crippen molar-refractivity contribution in [3.05, 3.63) is 53.5 Å². The van der Waals surface area contributed by atoms with Crippen LogP contribution in [0.4, 0.5) is 0 Å². The van der Waals surface area contributed by atoms with Gasteiger partial charge in [0.05, 0.1) is 19.7 Å². The number of carbonyl (C=O) groups is 1. The summed E-state index contributed by atoms with van der Waals surface area (Å²) in [5.74, 6) is 1.35. The smallest absolute Gasteiger partial charge is 0.373 e. The minimum atomic E-state index is -0.467. The van der Waals surface area contributed by atoms with Crippen LogP contribution in [-0.4, -0.2) is 19.7 Å². The highest BCUT2D eigenvalue weighted by Crippen LogP contribution is 2.31. The molecule has 0 aliphatic carbocycles. The van der Waals surface area contributed by atoms with Crippen molar-refractivity contribution in [1.29, 1.82) is 0 Å². The molecular weight excluding hydrogens is 258 g/mol. The molecule has 1 aromatic heterocycles. The summed E-state index contributed by atoms with van der Waals surface area (Å²) in [6.45, 7) is 1.13. The lowest BCUT2D eigenvalue weighted by Gasteiger charge is -2.09. The number of para-hydroxylation sites is 1. The van der Waals surface area contributed by atoms with Crippen molar-refractivity contribution < 1.29 is 18.7 Å². The number of methoxy groups -OCH3 is 1. The van der Waals surface area contributed by atoms with Gasteiger partial charge in [0.25, 0.3) is 0 Å². The van der Waals surface area contributed by atoms with Crippen molar-refractivity contribution >= 4 is 5.97 Å². The zero-order valence-corrected chi connectivity index (χ0v) is 11.1. The first-order valence-electron chi connectivity index (χ1n) is 6.40. The quantitative estimate of drug-likeness (QED) is 0.866. The Morgan fingerprint density at radius 3 is 3.05 bits per heavy atom. The van der Waals surface area contributed by atoms with Gasteiger partial charge >= 0.3 is 5.97 Å². The molecule has 0 spiro atoms. The summed E-state index contributed by atoms with van der Waals surface area (Å²) in [5, 5.41) is 3.35. The van der Waals surface area contributed by atoms with E-state index >= 15 is 0 Å². The highest BCUT2D eigenvalue weighted by atomic mass is 16.5. The molecule has 5 heteroatoms. The van der Waals surface area contributed by atoms with Crippen LogP contribution in [0.2, 0.25) is 0 Å². The van der Waals surface area contributed by atoms with Crippen molar-refractivity contribution in [3.63, 3.8) is 0 Å². The molecule has 1 unspecified atom stereocenters. The first-order valence-corrected chi connectivity index (χ1v) is 6.40. The van der Waals surface area contributed by atoms with Gasteiger partial charge in [-0.1, -0.05) is 18.2 Å². The van der Waals surface area contributed by atoms with Crippen molar-refractivity contribution in [3.8, 4) is 5.75 Å². The van der Waals surface area contributed by atoms with Gasteiger partial charge in [0.1, 0.15) is 18.1 Å². The van der Waals surface area contributed by atoms with Gasteiger partial charge in [-0.15, -0.1) is 0 Å². The summed E-state index contributed by atoms with van der Waals surface area (Å²) in [5.41, 5.74) is 1.15. The zero-order valence-electron chi connectivity index (χ0n) is 11.1. The molecule has 0 saturated heterocycles. The summed E-state index contributed by atoms with van der Waals surface area (Å²) in [4.78, 5) is 11.3. The fraction of sp³-hybridized carbons (Fsp3) is 0.267. The second kappa shape index (κ2) is 5.38. The van der Waals surface area contributed by atoms with Crippen LogP contribution in [0.3, 0.4) is 0 Å². The Hall–Kier alpha value is -2.27. The number of carbonyl (C=O) groups excluding carboxylic acids is 1. The maximum absolute atomic E-state index is 11.3. The highest BCUT2D eigenvalue weighted by molar-refractivity contribution is 5.86. The summed E-state index contributed by atoms with van der Waals surface area (Å²) in [6.07, 6.45) is 0. The van der Waals surface area contributed by atoms with E-state index in [1.807, 2.05) is 24.3 Å². The van der Waals surface area contributed by atoms with E-state index in [-0.39, 0.29) is 11.8 Å². The first-order chi connectivity index (χ1) is 9.78. The lowest BCUT2D eigenvalue weighted by Crippen LogP contribution is -2.21. The van der Waals surface area contributed by atoms with Gasteiger partial charge in [-0.25, -0.2) is 4.79 Å². The molecule has 104 valence electrons. The minimum Gasteiger partial charge on any atom is -0.491 e. The van der Waals surface area contributed by atoms with E-state index in [9.17, 15) is 4.79 Å². The number of rotatable bonds is 4. The van der Waals surface area contributed by atoms with Gasteiger partial charge in [0, 0.05) is 5.56 Å². The normalized spacial score (nSPS) is 16.6. The zero-order chi connectivity index (χ0) is 13.9. The van der Waals surface area contributed by atoms with Crippen LogP contribution < -0.4 is 10.1 Å².